The van der Waals surface area contributed by atoms with Crippen LogP contribution in [0.3, 0.4) is 0 Å². The molecular weight excluding hydrogens is 565 g/mol. The molecule has 0 N–H and O–H groups in total. The van der Waals surface area contributed by atoms with E-state index < -0.39 is 95.1 Å². The molecule has 0 fully saturated rings. The Balaban J connectivity index is 5.33. The summed E-state index contributed by atoms with van der Waals surface area (Å²) in [5.74, 6) is 0. The molecule has 0 unspecified atom stereocenters. The summed E-state index contributed by atoms with van der Waals surface area (Å²) in [6.45, 7) is 4.81. The second-order valence-electron chi connectivity index (χ2n) is 5.57. The van der Waals surface area contributed by atoms with Gasteiger partial charge in [-0.25, -0.2) is 0 Å². The fraction of sp³-hybridized carbons (Fsp3) is 1.00. The SMILES string of the molecule is C[Si](C)(C)O[Si](=O)[Si](=O)[Si](=O)[Si](=O)[Si](=O)[Si](=O)[Si](=O)[Si](=O)[Si](=O)[Si](=O)[Si]=O. The summed E-state index contributed by atoms with van der Waals surface area (Å²) in [7, 11) is -40.5. The van der Waals surface area contributed by atoms with Crippen LogP contribution in [0.1, 0.15) is 0 Å². The molecular formula is C3H9O12Si12. The van der Waals surface area contributed by atoms with Crippen LogP contribution in [0, 0.1) is 0 Å². The van der Waals surface area contributed by atoms with Gasteiger partial charge in [0.15, 0.2) is 0 Å². The number of hydrogen-bond donors (Lipinski definition) is 0. The van der Waals surface area contributed by atoms with Crippen LogP contribution < -0.4 is 0 Å². The monoisotopic (exact) mass is 573 g/mol. The molecule has 24 heteroatoms. The zero-order valence-electron chi connectivity index (χ0n) is 13.9. The highest BCUT2D eigenvalue weighted by molar-refractivity contribution is 7.77. The molecule has 12 nitrogen and oxygen atoms in total. The van der Waals surface area contributed by atoms with Gasteiger partial charge in [0.1, 0.15) is 0 Å². The van der Waals surface area contributed by atoms with Crippen LogP contribution in [-0.4, -0.2) is 95.1 Å². The molecule has 0 aromatic rings. The van der Waals surface area contributed by atoms with Gasteiger partial charge < -0.3 is 53.2 Å². The molecule has 0 rings (SSSR count). The lowest BCUT2D eigenvalue weighted by atomic mass is 11.8. The zero-order valence-corrected chi connectivity index (χ0v) is 25.9. The molecule has 141 valence electrons. The Hall–Kier alpha value is 0.203. The molecule has 0 aromatic heterocycles. The third-order valence-corrected chi connectivity index (χ3v) is 75.3. The predicted molar refractivity (Wildman–Crippen MR) is 95.3 cm³/mol. The van der Waals surface area contributed by atoms with Crippen molar-refractivity contribution in [1.29, 1.82) is 0 Å². The first-order chi connectivity index (χ1) is 12.2. The molecule has 0 aliphatic carbocycles. The highest BCUT2D eigenvalue weighted by atomic mass is 30.1. The maximum Gasteiger partial charge on any atom is 0.532 e. The van der Waals surface area contributed by atoms with E-state index in [9.17, 15) is 49.1 Å². The molecule has 27 heavy (non-hydrogen) atoms. The van der Waals surface area contributed by atoms with Gasteiger partial charge in [-0.15, -0.1) is 0 Å². The van der Waals surface area contributed by atoms with Gasteiger partial charge in [0, 0.05) is 0 Å². The Labute approximate surface area is 167 Å². The largest absolute Gasteiger partial charge is 0.578 e. The van der Waals surface area contributed by atoms with Crippen LogP contribution in [0.4, 0.5) is 0 Å². The minimum Gasteiger partial charge on any atom is -0.578 e. The van der Waals surface area contributed by atoms with Crippen molar-refractivity contribution < 1.29 is 53.2 Å². The maximum atomic E-state index is 12.0. The molecule has 0 saturated heterocycles. The minimum atomic E-state index is -3.87. The average molecular weight is 574 g/mol. The quantitative estimate of drug-likeness (QED) is 0.204. The van der Waals surface area contributed by atoms with Gasteiger partial charge in [0.05, 0.1) is 0 Å². The molecule has 0 aromatic carbocycles. The van der Waals surface area contributed by atoms with Crippen LogP contribution in [0.2, 0.25) is 19.6 Å². The average Bonchev–Trinajstić information content (AvgIpc) is 2.60. The van der Waals surface area contributed by atoms with E-state index in [1.54, 1.807) is 19.6 Å². The van der Waals surface area contributed by atoms with Gasteiger partial charge in [0.25, 0.3) is 0 Å². The van der Waals surface area contributed by atoms with Crippen LogP contribution in [0.5, 0.6) is 0 Å². The van der Waals surface area contributed by atoms with Crippen LogP contribution in [-0.2, 0) is 53.2 Å². The Morgan fingerprint density at radius 3 is 1.15 bits per heavy atom. The molecule has 0 bridgehead atoms. The summed E-state index contributed by atoms with van der Waals surface area (Å²) in [4.78, 5) is 0. The van der Waals surface area contributed by atoms with Crippen molar-refractivity contribution in [2.24, 2.45) is 0 Å². The summed E-state index contributed by atoms with van der Waals surface area (Å²) >= 11 is 0. The molecule has 0 atom stereocenters. The molecule has 0 aliphatic rings. The maximum absolute atomic E-state index is 12.0. The molecule has 1 radical (unpaired) electrons. The van der Waals surface area contributed by atoms with Crippen molar-refractivity contribution in [3.8, 4) is 0 Å². The summed E-state index contributed by atoms with van der Waals surface area (Å²) < 4.78 is 134. The second kappa shape index (κ2) is 11.4. The molecule has 0 heterocycles. The lowest BCUT2D eigenvalue weighted by molar-refractivity contribution is 0.462. The van der Waals surface area contributed by atoms with Crippen LogP contribution >= 0.6 is 0 Å². The Kier molecular flexibility index (Phi) is 11.5. The Morgan fingerprint density at radius 2 is 0.852 bits per heavy atom. The highest BCUT2D eigenvalue weighted by Crippen LogP contribution is 2.01. The zero-order chi connectivity index (χ0) is 21.7. The lowest BCUT2D eigenvalue weighted by Gasteiger charge is -2.16. The smallest absolute Gasteiger partial charge is 0.532 e. The third-order valence-electron chi connectivity index (χ3n) is 2.33. The van der Waals surface area contributed by atoms with Gasteiger partial charge >= 0.3 is 86.8 Å². The van der Waals surface area contributed by atoms with E-state index >= 15 is 0 Å². The molecule has 0 aliphatic heterocycles. The van der Waals surface area contributed by atoms with E-state index in [1.165, 1.54) is 0 Å². The summed E-state index contributed by atoms with van der Waals surface area (Å²) in [6, 6.07) is 0. The van der Waals surface area contributed by atoms with Crippen LogP contribution in [0.25, 0.3) is 0 Å². The second-order valence-corrected chi connectivity index (χ2v) is 57.2. The van der Waals surface area contributed by atoms with Gasteiger partial charge in [0.2, 0.25) is 8.32 Å². The summed E-state index contributed by atoms with van der Waals surface area (Å²) in [5, 5.41) is 0. The van der Waals surface area contributed by atoms with E-state index in [2.05, 4.69) is 0 Å². The van der Waals surface area contributed by atoms with Gasteiger partial charge in [-0.1, -0.05) is 0 Å². The fourth-order valence-electron chi connectivity index (χ4n) is 1.19. The van der Waals surface area contributed by atoms with E-state index in [-0.39, 0.29) is 0 Å². The van der Waals surface area contributed by atoms with Gasteiger partial charge in [-0.2, -0.15) is 0 Å². The predicted octanol–water partition coefficient (Wildman–Crippen LogP) is -4.19. The van der Waals surface area contributed by atoms with E-state index in [4.69, 9.17) is 4.12 Å². The summed E-state index contributed by atoms with van der Waals surface area (Å²) in [6.07, 6.45) is 0. The van der Waals surface area contributed by atoms with Crippen molar-refractivity contribution >= 4 is 95.1 Å². The first kappa shape index (κ1) is 27.2. The minimum absolute atomic E-state index is 1.54. The van der Waals surface area contributed by atoms with Crippen molar-refractivity contribution in [1.82, 2.24) is 0 Å². The first-order valence-electron chi connectivity index (χ1n) is 6.65. The topological polar surface area (TPSA) is 197 Å². The standard InChI is InChI=1S/C3H9O12Si12/c1-27(2,3)15-17(5)19(7)21(9)23(11)25(13)26(14)24(12)22(10)20(8)18(6)16-4/h1-3H3. The van der Waals surface area contributed by atoms with E-state index in [0.29, 0.717) is 0 Å². The molecule has 0 amide bonds. The first-order valence-corrected chi connectivity index (χ1v) is 35.0. The van der Waals surface area contributed by atoms with E-state index in [0.717, 1.165) is 0 Å². The molecule has 0 spiro atoms. The number of rotatable bonds is 12. The number of hydrogen-bond acceptors (Lipinski definition) is 12. The van der Waals surface area contributed by atoms with Crippen LogP contribution in [0.15, 0.2) is 0 Å². The normalized spacial score (nSPS) is 10.2. The Bertz CT molecular complexity index is 844. The third kappa shape index (κ3) is 8.22. The summed E-state index contributed by atoms with van der Waals surface area (Å²) in [5.41, 5.74) is 0. The highest BCUT2D eigenvalue weighted by Gasteiger charge is 2.52. The van der Waals surface area contributed by atoms with Gasteiger partial charge in [-0.3, -0.25) is 0 Å². The molecule has 0 saturated carbocycles. The Morgan fingerprint density at radius 1 is 0.556 bits per heavy atom. The van der Waals surface area contributed by atoms with Gasteiger partial charge in [-0.05, 0) is 19.6 Å². The van der Waals surface area contributed by atoms with Crippen molar-refractivity contribution in [3.05, 3.63) is 0 Å². The van der Waals surface area contributed by atoms with Crippen molar-refractivity contribution in [3.63, 3.8) is 0 Å². The van der Waals surface area contributed by atoms with E-state index in [1.807, 2.05) is 0 Å². The van der Waals surface area contributed by atoms with Crippen molar-refractivity contribution in [2.45, 2.75) is 19.6 Å². The lowest BCUT2D eigenvalue weighted by Crippen LogP contribution is -2.53. The van der Waals surface area contributed by atoms with Crippen molar-refractivity contribution in [2.75, 3.05) is 0 Å². The fourth-order valence-corrected chi connectivity index (χ4v) is 102.